The molecule has 0 aliphatic heterocycles. The van der Waals surface area contributed by atoms with Crippen LogP contribution in [0.4, 0.5) is 0 Å². The van der Waals surface area contributed by atoms with Crippen molar-refractivity contribution in [3.63, 3.8) is 0 Å². The predicted molar refractivity (Wildman–Crippen MR) is 126 cm³/mol. The topological polar surface area (TPSA) is 58.2 Å². The number of sulfonamides is 1. The summed E-state index contributed by atoms with van der Waals surface area (Å²) in [7, 11) is -3.52. The molecule has 0 radical (unpaired) electrons. The Balaban J connectivity index is 0.00000256. The molecule has 0 amide bonds. The summed E-state index contributed by atoms with van der Waals surface area (Å²) in [6.45, 7) is 2.17. The van der Waals surface area contributed by atoms with Crippen LogP contribution in [0.1, 0.15) is 44.2 Å². The number of rotatable bonds is 6. The van der Waals surface area contributed by atoms with Crippen molar-refractivity contribution in [1.29, 1.82) is 0 Å². The van der Waals surface area contributed by atoms with Crippen molar-refractivity contribution in [2.24, 2.45) is 0 Å². The average molecular weight is 445 g/mol. The molecule has 0 saturated heterocycles. The Morgan fingerprint density at radius 2 is 1.47 bits per heavy atom. The Morgan fingerprint density at radius 1 is 0.833 bits per heavy atom. The second kappa shape index (κ2) is 9.92. The van der Waals surface area contributed by atoms with Gasteiger partial charge in [0.1, 0.15) is 0 Å². The van der Waals surface area contributed by atoms with Crippen LogP contribution in [0.3, 0.4) is 0 Å². The zero-order valence-electron chi connectivity index (χ0n) is 17.1. The summed E-state index contributed by atoms with van der Waals surface area (Å²) in [5.74, 6) is 0. The van der Waals surface area contributed by atoms with Gasteiger partial charge in [0.25, 0.3) is 0 Å². The lowest BCUT2D eigenvalue weighted by atomic mass is 9.89. The monoisotopic (exact) mass is 444 g/mol. The summed E-state index contributed by atoms with van der Waals surface area (Å²) in [6.07, 6.45) is 3.98. The first-order chi connectivity index (χ1) is 14.0. The van der Waals surface area contributed by atoms with Gasteiger partial charge in [0.15, 0.2) is 0 Å². The van der Waals surface area contributed by atoms with E-state index in [1.54, 1.807) is 24.3 Å². The lowest BCUT2D eigenvalue weighted by molar-refractivity contribution is 0.291. The highest BCUT2D eigenvalue weighted by Gasteiger charge is 2.30. The molecule has 2 N–H and O–H groups in total. The van der Waals surface area contributed by atoms with Gasteiger partial charge in [-0.3, -0.25) is 0 Å². The minimum Gasteiger partial charge on any atom is -0.306 e. The fourth-order valence-electron chi connectivity index (χ4n) is 4.38. The quantitative estimate of drug-likeness (QED) is 0.549. The molecule has 2 unspecified atom stereocenters. The van der Waals surface area contributed by atoms with Crippen LogP contribution in [-0.2, 0) is 10.0 Å². The molecule has 1 saturated carbocycles. The van der Waals surface area contributed by atoms with Gasteiger partial charge < -0.3 is 5.32 Å². The van der Waals surface area contributed by atoms with Crippen molar-refractivity contribution < 1.29 is 8.42 Å². The summed E-state index contributed by atoms with van der Waals surface area (Å²) in [5, 5.41) is 6.19. The van der Waals surface area contributed by atoms with Gasteiger partial charge in [-0.05, 0) is 48.2 Å². The largest absolute Gasteiger partial charge is 0.306 e. The molecule has 3 aromatic carbocycles. The van der Waals surface area contributed by atoms with E-state index in [1.807, 2.05) is 6.07 Å². The van der Waals surface area contributed by atoms with Crippen molar-refractivity contribution in [2.45, 2.75) is 55.6 Å². The van der Waals surface area contributed by atoms with Crippen LogP contribution in [0.5, 0.6) is 0 Å². The van der Waals surface area contributed by atoms with E-state index >= 15 is 0 Å². The maximum Gasteiger partial charge on any atom is 0.240 e. The molecule has 1 aliphatic carbocycles. The first kappa shape index (κ1) is 22.8. The van der Waals surface area contributed by atoms with E-state index in [4.69, 9.17) is 0 Å². The Hall–Kier alpha value is -1.92. The van der Waals surface area contributed by atoms with Gasteiger partial charge in [-0.25, -0.2) is 13.1 Å². The summed E-state index contributed by atoms with van der Waals surface area (Å²) in [6, 6.07) is 23.5. The van der Waals surface area contributed by atoms with Crippen molar-refractivity contribution in [3.05, 3.63) is 78.4 Å². The van der Waals surface area contributed by atoms with Gasteiger partial charge in [0.05, 0.1) is 4.90 Å². The third-order valence-electron chi connectivity index (χ3n) is 5.88. The third-order valence-corrected chi connectivity index (χ3v) is 7.39. The van der Waals surface area contributed by atoms with Crippen LogP contribution in [0.2, 0.25) is 0 Å². The number of fused-ring (bicyclic) bond motifs is 1. The Kier molecular flexibility index (Phi) is 7.53. The van der Waals surface area contributed by atoms with Gasteiger partial charge in [-0.2, -0.15) is 0 Å². The first-order valence-electron chi connectivity index (χ1n) is 10.4. The number of halogens is 1. The molecular weight excluding hydrogens is 416 g/mol. The first-order valence-corrected chi connectivity index (χ1v) is 11.8. The lowest BCUT2D eigenvalue weighted by Crippen LogP contribution is -2.52. The summed E-state index contributed by atoms with van der Waals surface area (Å²) < 4.78 is 28.6. The van der Waals surface area contributed by atoms with Crippen LogP contribution in [0.25, 0.3) is 10.8 Å². The van der Waals surface area contributed by atoms with E-state index in [-0.39, 0.29) is 30.5 Å². The molecule has 1 aliphatic rings. The summed E-state index contributed by atoms with van der Waals surface area (Å²) >= 11 is 0. The van der Waals surface area contributed by atoms with E-state index < -0.39 is 10.0 Å². The Bertz CT molecular complexity index is 1070. The second-order valence-electron chi connectivity index (χ2n) is 7.89. The van der Waals surface area contributed by atoms with E-state index in [2.05, 4.69) is 59.4 Å². The molecule has 30 heavy (non-hydrogen) atoms. The maximum absolute atomic E-state index is 12.8. The van der Waals surface area contributed by atoms with E-state index in [9.17, 15) is 8.42 Å². The molecule has 4 nitrogen and oxygen atoms in total. The third kappa shape index (κ3) is 5.03. The summed E-state index contributed by atoms with van der Waals surface area (Å²) in [5.41, 5.74) is 1.25. The van der Waals surface area contributed by atoms with Gasteiger partial charge in [-0.1, -0.05) is 73.5 Å². The number of hydrogen-bond donors (Lipinski definition) is 2. The highest BCUT2D eigenvalue weighted by molar-refractivity contribution is 7.89. The van der Waals surface area contributed by atoms with E-state index in [0.29, 0.717) is 4.90 Å². The van der Waals surface area contributed by atoms with Crippen molar-refractivity contribution in [3.8, 4) is 0 Å². The molecule has 1 fully saturated rings. The van der Waals surface area contributed by atoms with Crippen LogP contribution in [0.15, 0.2) is 77.7 Å². The molecule has 6 heteroatoms. The van der Waals surface area contributed by atoms with Crippen molar-refractivity contribution in [1.82, 2.24) is 10.0 Å². The zero-order valence-corrected chi connectivity index (χ0v) is 18.8. The average Bonchev–Trinajstić information content (AvgIpc) is 2.75. The van der Waals surface area contributed by atoms with Crippen molar-refractivity contribution in [2.75, 3.05) is 0 Å². The predicted octanol–water partition coefficient (Wildman–Crippen LogP) is 5.20. The van der Waals surface area contributed by atoms with Crippen molar-refractivity contribution >= 4 is 33.2 Å². The minimum atomic E-state index is -3.52. The highest BCUT2D eigenvalue weighted by atomic mass is 35.5. The van der Waals surface area contributed by atoms with Gasteiger partial charge in [-0.15, -0.1) is 12.4 Å². The fourth-order valence-corrected chi connectivity index (χ4v) is 5.71. The Morgan fingerprint density at radius 3 is 2.23 bits per heavy atom. The van der Waals surface area contributed by atoms with Crippen LogP contribution in [0, 0.1) is 0 Å². The lowest BCUT2D eigenvalue weighted by Gasteiger charge is -2.35. The van der Waals surface area contributed by atoms with E-state index in [1.165, 1.54) is 16.3 Å². The molecular formula is C24H29ClN2O2S. The number of nitrogens with one attached hydrogen (secondary N) is 2. The smallest absolute Gasteiger partial charge is 0.240 e. The zero-order chi connectivity index (χ0) is 20.3. The molecule has 4 rings (SSSR count). The molecule has 0 spiro atoms. The van der Waals surface area contributed by atoms with Gasteiger partial charge in [0.2, 0.25) is 10.0 Å². The second-order valence-corrected chi connectivity index (χ2v) is 9.60. The minimum absolute atomic E-state index is 0. The Labute approximate surface area is 185 Å². The highest BCUT2D eigenvalue weighted by Crippen LogP contribution is 2.27. The van der Waals surface area contributed by atoms with Crippen LogP contribution < -0.4 is 10.0 Å². The molecule has 160 valence electrons. The molecule has 0 bridgehead atoms. The van der Waals surface area contributed by atoms with Gasteiger partial charge >= 0.3 is 0 Å². The van der Waals surface area contributed by atoms with Crippen LogP contribution >= 0.6 is 12.4 Å². The number of hydrogen-bond acceptors (Lipinski definition) is 3. The standard InChI is InChI=1S/C24H28N2O2S.ClH/c1-18(21-15-9-11-19-10-5-6-14-22(19)21)25-23-16-7-8-17-24(23)26-29(27,28)20-12-3-2-4-13-20;/h2-6,9-15,18,23-26H,7-8,16-17H2,1H3;1H/t18?,23-,24?;/m0./s1. The molecule has 0 aromatic heterocycles. The molecule has 3 aromatic rings. The van der Waals surface area contributed by atoms with Gasteiger partial charge in [0, 0.05) is 18.1 Å². The maximum atomic E-state index is 12.8. The molecule has 0 heterocycles. The SMILES string of the molecule is CC(N[C@H]1CCCCC1NS(=O)(=O)c1ccccc1)c1cccc2ccccc12.Cl. The summed E-state index contributed by atoms with van der Waals surface area (Å²) in [4.78, 5) is 0.325. The number of benzene rings is 3. The van der Waals surface area contributed by atoms with Crippen LogP contribution in [-0.4, -0.2) is 20.5 Å². The fraction of sp³-hybridized carbons (Fsp3) is 0.333. The van der Waals surface area contributed by atoms with E-state index in [0.717, 1.165) is 25.7 Å². The molecule has 3 atom stereocenters. The normalized spacial score (nSPS) is 20.4.